The van der Waals surface area contributed by atoms with E-state index >= 15 is 0 Å². The molecule has 0 radical (unpaired) electrons. The highest BCUT2D eigenvalue weighted by Crippen LogP contribution is 2.41. The molecule has 3 aliphatic heterocycles. The van der Waals surface area contributed by atoms with Crippen molar-refractivity contribution in [3.05, 3.63) is 48.9 Å². The van der Waals surface area contributed by atoms with Gasteiger partial charge in [0.2, 0.25) is 21.8 Å². The number of carbonyl (C=O) groups is 2. The molecule has 3 rings (SSSR count). The van der Waals surface area contributed by atoms with Gasteiger partial charge < -0.3 is 9.80 Å². The minimum Gasteiger partial charge on any atom is -0.350 e. The summed E-state index contributed by atoms with van der Waals surface area (Å²) in [6.07, 6.45) is 16.3. The lowest BCUT2D eigenvalue weighted by Gasteiger charge is -2.28. The molecule has 0 saturated carbocycles. The van der Waals surface area contributed by atoms with Crippen LogP contribution in [0.4, 0.5) is 0 Å². The Morgan fingerprint density at radius 1 is 1.21 bits per heavy atom. The second-order valence-corrected chi connectivity index (χ2v) is 9.57. The van der Waals surface area contributed by atoms with Gasteiger partial charge in [0, 0.05) is 31.6 Å². The van der Waals surface area contributed by atoms with Crippen LogP contribution in [0.1, 0.15) is 20.3 Å². The second-order valence-electron chi connectivity index (χ2n) is 7.71. The smallest absolute Gasteiger partial charge is 0.246 e. The van der Waals surface area contributed by atoms with Crippen LogP contribution in [0.2, 0.25) is 0 Å². The molecule has 7 nitrogen and oxygen atoms in total. The van der Waals surface area contributed by atoms with Crippen molar-refractivity contribution in [2.45, 2.75) is 32.4 Å². The van der Waals surface area contributed by atoms with Crippen LogP contribution in [0, 0.1) is 11.8 Å². The Morgan fingerprint density at radius 2 is 1.86 bits per heavy atom. The van der Waals surface area contributed by atoms with Crippen LogP contribution in [0.5, 0.6) is 0 Å². The van der Waals surface area contributed by atoms with E-state index in [2.05, 4.69) is 0 Å². The molecular weight excluding hydrogens is 378 g/mol. The summed E-state index contributed by atoms with van der Waals surface area (Å²) < 4.78 is 25.4. The Hall–Kier alpha value is -2.35. The molecule has 0 unspecified atom stereocenters. The van der Waals surface area contributed by atoms with E-state index in [4.69, 9.17) is 0 Å². The molecule has 3 aliphatic rings. The summed E-state index contributed by atoms with van der Waals surface area (Å²) in [5.41, 5.74) is 0. The number of allylic oxidation sites excluding steroid dienone is 4. The standard InChI is InChI=1S/C20H27N3O4S/c1-15(2)18-19-16(23(20(18)25)28(3,26)27)10-14-22(19)17(24)9-8-13-21-11-6-4-5-7-12-21/h4-9,11-12,15-16,18-19H,10,13-14H2,1-3H3/t16-,18+,19-/m0/s1. The number of fused-ring (bicyclic) bond motifs is 1. The molecule has 8 heteroatoms. The fourth-order valence-electron chi connectivity index (χ4n) is 4.28. The molecule has 0 aromatic carbocycles. The summed E-state index contributed by atoms with van der Waals surface area (Å²) in [5, 5.41) is 0. The number of carbonyl (C=O) groups excluding carboxylic acids is 2. The van der Waals surface area contributed by atoms with Crippen molar-refractivity contribution in [1.29, 1.82) is 0 Å². The minimum atomic E-state index is -3.66. The van der Waals surface area contributed by atoms with E-state index in [1.807, 2.05) is 55.5 Å². The molecule has 0 aromatic heterocycles. The Balaban J connectivity index is 1.75. The van der Waals surface area contributed by atoms with Crippen LogP contribution < -0.4 is 0 Å². The van der Waals surface area contributed by atoms with Gasteiger partial charge in [0.25, 0.3) is 0 Å². The largest absolute Gasteiger partial charge is 0.350 e. The molecule has 2 fully saturated rings. The van der Waals surface area contributed by atoms with Crippen molar-refractivity contribution in [3.8, 4) is 0 Å². The molecule has 0 aromatic rings. The first-order valence-corrected chi connectivity index (χ1v) is 11.3. The van der Waals surface area contributed by atoms with Gasteiger partial charge in [-0.2, -0.15) is 0 Å². The lowest BCUT2D eigenvalue weighted by molar-refractivity contribution is -0.131. The quantitative estimate of drug-likeness (QED) is 0.648. The Morgan fingerprint density at radius 3 is 2.43 bits per heavy atom. The number of nitrogens with zero attached hydrogens (tertiary/aromatic N) is 3. The Kier molecular flexibility index (Phi) is 5.79. The molecule has 0 N–H and O–H groups in total. The van der Waals surface area contributed by atoms with E-state index in [0.717, 1.165) is 10.6 Å². The van der Waals surface area contributed by atoms with E-state index in [1.54, 1.807) is 11.0 Å². The first kappa shape index (κ1) is 20.4. The molecule has 2 amide bonds. The third-order valence-corrected chi connectivity index (χ3v) is 6.58. The Labute approximate surface area is 166 Å². The monoisotopic (exact) mass is 405 g/mol. The first-order valence-electron chi connectivity index (χ1n) is 9.49. The highest BCUT2D eigenvalue weighted by atomic mass is 32.2. The molecule has 2 saturated heterocycles. The lowest BCUT2D eigenvalue weighted by Crippen LogP contribution is -2.43. The first-order chi connectivity index (χ1) is 13.2. The summed E-state index contributed by atoms with van der Waals surface area (Å²) in [4.78, 5) is 29.2. The summed E-state index contributed by atoms with van der Waals surface area (Å²) >= 11 is 0. The number of likely N-dealkylation sites (tertiary alicyclic amines) is 1. The average Bonchev–Trinajstić information content (AvgIpc) is 3.00. The number of amides is 2. The fourth-order valence-corrected chi connectivity index (χ4v) is 5.45. The van der Waals surface area contributed by atoms with Crippen molar-refractivity contribution in [1.82, 2.24) is 14.1 Å². The zero-order chi connectivity index (χ0) is 20.5. The third-order valence-electron chi connectivity index (χ3n) is 5.42. The number of rotatable bonds is 5. The highest BCUT2D eigenvalue weighted by Gasteiger charge is 2.58. The van der Waals surface area contributed by atoms with E-state index in [-0.39, 0.29) is 17.7 Å². The van der Waals surface area contributed by atoms with Crippen LogP contribution in [0.3, 0.4) is 0 Å². The number of hydrogen-bond acceptors (Lipinski definition) is 5. The van der Waals surface area contributed by atoms with E-state index in [0.29, 0.717) is 19.5 Å². The van der Waals surface area contributed by atoms with Gasteiger partial charge in [-0.3, -0.25) is 9.59 Å². The molecule has 3 heterocycles. The minimum absolute atomic E-state index is 0.0518. The van der Waals surface area contributed by atoms with Gasteiger partial charge in [0.1, 0.15) is 0 Å². The van der Waals surface area contributed by atoms with E-state index < -0.39 is 28.0 Å². The molecular formula is C20H27N3O4S. The number of hydrogen-bond donors (Lipinski definition) is 0. The normalized spacial score (nSPS) is 27.4. The van der Waals surface area contributed by atoms with Crippen LogP contribution in [0.25, 0.3) is 0 Å². The van der Waals surface area contributed by atoms with Gasteiger partial charge in [0.15, 0.2) is 0 Å². The van der Waals surface area contributed by atoms with Crippen LogP contribution in [0.15, 0.2) is 48.9 Å². The summed E-state index contributed by atoms with van der Waals surface area (Å²) in [6, 6.07) is -0.864. The van der Waals surface area contributed by atoms with Crippen molar-refractivity contribution in [2.75, 3.05) is 19.3 Å². The van der Waals surface area contributed by atoms with Crippen molar-refractivity contribution >= 4 is 21.8 Å². The van der Waals surface area contributed by atoms with E-state index in [9.17, 15) is 18.0 Å². The van der Waals surface area contributed by atoms with Gasteiger partial charge >= 0.3 is 0 Å². The molecule has 0 spiro atoms. The molecule has 28 heavy (non-hydrogen) atoms. The summed E-state index contributed by atoms with van der Waals surface area (Å²) in [7, 11) is -3.66. The van der Waals surface area contributed by atoms with Gasteiger partial charge in [-0.1, -0.05) is 32.1 Å². The zero-order valence-electron chi connectivity index (χ0n) is 16.4. The zero-order valence-corrected chi connectivity index (χ0v) is 17.2. The van der Waals surface area contributed by atoms with Crippen molar-refractivity contribution in [3.63, 3.8) is 0 Å². The predicted molar refractivity (Wildman–Crippen MR) is 107 cm³/mol. The molecule has 0 bridgehead atoms. The van der Waals surface area contributed by atoms with Crippen LogP contribution in [-0.4, -0.2) is 65.8 Å². The molecule has 3 atom stereocenters. The summed E-state index contributed by atoms with van der Waals surface area (Å²) in [6.45, 7) is 4.79. The Bertz CT molecular complexity index is 841. The van der Waals surface area contributed by atoms with Gasteiger partial charge in [-0.25, -0.2) is 12.7 Å². The fraction of sp³-hybridized carbons (Fsp3) is 0.500. The predicted octanol–water partition coefficient (Wildman–Crippen LogP) is 1.49. The lowest BCUT2D eigenvalue weighted by atomic mass is 9.88. The highest BCUT2D eigenvalue weighted by molar-refractivity contribution is 7.88. The second kappa shape index (κ2) is 7.95. The van der Waals surface area contributed by atoms with E-state index in [1.165, 1.54) is 6.08 Å². The summed E-state index contributed by atoms with van der Waals surface area (Å²) in [5.74, 6) is -1.12. The topological polar surface area (TPSA) is 78.0 Å². The SMILES string of the molecule is CC(C)[C@H]1C(=O)N(S(C)(=O)=O)[C@H]2CCN(C(=O)C=CCN3C=CC=CC=C3)[C@H]12. The van der Waals surface area contributed by atoms with Crippen LogP contribution in [-0.2, 0) is 19.6 Å². The maximum absolute atomic E-state index is 12.8. The molecule has 152 valence electrons. The molecule has 0 aliphatic carbocycles. The van der Waals surface area contributed by atoms with Gasteiger partial charge in [0.05, 0.1) is 24.3 Å². The van der Waals surface area contributed by atoms with Crippen molar-refractivity contribution < 1.29 is 18.0 Å². The number of sulfonamides is 1. The van der Waals surface area contributed by atoms with Gasteiger partial charge in [-0.05, 0) is 24.5 Å². The maximum atomic E-state index is 12.8. The maximum Gasteiger partial charge on any atom is 0.246 e. The average molecular weight is 406 g/mol. The van der Waals surface area contributed by atoms with Gasteiger partial charge in [-0.15, -0.1) is 0 Å². The van der Waals surface area contributed by atoms with Crippen LogP contribution >= 0.6 is 0 Å². The van der Waals surface area contributed by atoms with Crippen molar-refractivity contribution in [2.24, 2.45) is 11.8 Å². The third kappa shape index (κ3) is 3.92.